The van der Waals surface area contributed by atoms with Gasteiger partial charge in [-0.2, -0.15) is 0 Å². The number of fused-ring (bicyclic) bond motifs is 5. The molecule has 0 aliphatic carbocycles. The molecule has 0 saturated heterocycles. The zero-order valence-corrected chi connectivity index (χ0v) is 18.3. The summed E-state index contributed by atoms with van der Waals surface area (Å²) in [5, 5.41) is 2.45. The van der Waals surface area contributed by atoms with Crippen molar-refractivity contribution in [3.63, 3.8) is 0 Å². The molecule has 0 aliphatic rings. The van der Waals surface area contributed by atoms with Crippen molar-refractivity contribution in [3.8, 4) is 28.1 Å². The Hall–Kier alpha value is -4.70. The fraction of sp³-hybridized carbons (Fsp3) is 0. The minimum atomic E-state index is 0.885. The van der Waals surface area contributed by atoms with Crippen LogP contribution in [0.5, 0.6) is 0 Å². The number of aromatic nitrogens is 4. The Labute approximate surface area is 196 Å². The molecule has 4 nitrogen and oxygen atoms in total. The summed E-state index contributed by atoms with van der Waals surface area (Å²) < 4.78 is 4.57. The van der Waals surface area contributed by atoms with E-state index in [1.54, 1.807) is 6.20 Å². The Morgan fingerprint density at radius 3 is 2.29 bits per heavy atom. The van der Waals surface area contributed by atoms with Crippen molar-refractivity contribution in [1.29, 1.82) is 0 Å². The Kier molecular flexibility index (Phi) is 4.11. The van der Waals surface area contributed by atoms with Crippen LogP contribution in [0.25, 0.3) is 55.5 Å². The van der Waals surface area contributed by atoms with Crippen LogP contribution < -0.4 is 0 Å². The quantitative estimate of drug-likeness (QED) is 0.295. The van der Waals surface area contributed by atoms with Gasteiger partial charge >= 0.3 is 0 Å². The summed E-state index contributed by atoms with van der Waals surface area (Å²) >= 11 is 0. The highest BCUT2D eigenvalue weighted by Crippen LogP contribution is 2.42. The lowest BCUT2D eigenvalue weighted by Crippen LogP contribution is -2.00. The summed E-state index contributed by atoms with van der Waals surface area (Å²) in [6.45, 7) is 0. The van der Waals surface area contributed by atoms with Crippen LogP contribution in [-0.4, -0.2) is 18.9 Å². The number of nitrogens with zero attached hydrogens (tertiary/aromatic N) is 4. The highest BCUT2D eigenvalue weighted by Gasteiger charge is 2.22. The molecule has 2 aromatic carbocycles. The van der Waals surface area contributed by atoms with Gasteiger partial charge in [0.2, 0.25) is 0 Å². The van der Waals surface area contributed by atoms with Gasteiger partial charge in [-0.15, -0.1) is 0 Å². The Bertz CT molecular complexity index is 1790. The van der Waals surface area contributed by atoms with Crippen molar-refractivity contribution in [2.75, 3.05) is 0 Å². The third-order valence-corrected chi connectivity index (χ3v) is 6.48. The van der Waals surface area contributed by atoms with E-state index >= 15 is 0 Å². The van der Waals surface area contributed by atoms with Crippen LogP contribution in [0.1, 0.15) is 0 Å². The molecule has 0 atom stereocenters. The second kappa shape index (κ2) is 7.42. The highest BCUT2D eigenvalue weighted by molar-refractivity contribution is 6.19. The van der Waals surface area contributed by atoms with Gasteiger partial charge < -0.3 is 4.40 Å². The molecule has 7 aromatic rings. The molecular formula is C30H20N4. The largest absolute Gasteiger partial charge is 0.302 e. The lowest BCUT2D eigenvalue weighted by Gasteiger charge is -2.10. The van der Waals surface area contributed by atoms with Gasteiger partial charge in [0.1, 0.15) is 11.5 Å². The van der Waals surface area contributed by atoms with E-state index in [4.69, 9.17) is 4.98 Å². The van der Waals surface area contributed by atoms with Crippen LogP contribution in [0.2, 0.25) is 0 Å². The van der Waals surface area contributed by atoms with E-state index in [1.807, 2.05) is 24.5 Å². The van der Waals surface area contributed by atoms with E-state index in [1.165, 1.54) is 27.4 Å². The number of pyridine rings is 3. The Morgan fingerprint density at radius 1 is 0.618 bits per heavy atom. The molecule has 34 heavy (non-hydrogen) atoms. The summed E-state index contributed by atoms with van der Waals surface area (Å²) in [5.74, 6) is 0.885. The molecular weight excluding hydrogens is 416 g/mol. The molecule has 0 aliphatic heterocycles. The van der Waals surface area contributed by atoms with E-state index in [2.05, 4.69) is 105 Å². The normalized spacial score (nSPS) is 11.5. The van der Waals surface area contributed by atoms with Crippen LogP contribution in [0.3, 0.4) is 0 Å². The van der Waals surface area contributed by atoms with E-state index in [-0.39, 0.29) is 0 Å². The number of benzene rings is 2. The van der Waals surface area contributed by atoms with Crippen molar-refractivity contribution in [3.05, 3.63) is 122 Å². The summed E-state index contributed by atoms with van der Waals surface area (Å²) in [5.41, 5.74) is 8.06. The number of hydrogen-bond acceptors (Lipinski definition) is 2. The van der Waals surface area contributed by atoms with Gasteiger partial charge in [-0.1, -0.05) is 60.7 Å². The number of para-hydroxylation sites is 1. The maximum Gasteiger partial charge on any atom is 0.139 e. The fourth-order valence-electron chi connectivity index (χ4n) is 5.04. The molecule has 5 heterocycles. The van der Waals surface area contributed by atoms with Crippen LogP contribution in [0.15, 0.2) is 122 Å². The maximum absolute atomic E-state index is 4.83. The first-order valence-corrected chi connectivity index (χ1v) is 11.3. The zero-order chi connectivity index (χ0) is 22.5. The molecule has 0 unspecified atom stereocenters. The van der Waals surface area contributed by atoms with Gasteiger partial charge in [-0.25, -0.2) is 4.98 Å². The Balaban J connectivity index is 1.63. The molecule has 0 fully saturated rings. The van der Waals surface area contributed by atoms with Gasteiger partial charge in [-0.3, -0.25) is 9.55 Å². The standard InChI is InChI=1S/C30H20N4/c1-2-9-21(10-3-1)28-26-14-6-7-18-33(26)30-29(28)24-12-4-5-13-25(24)34(30)27-19-22(15-17-32-27)23-11-8-16-31-20-23/h1-20H. The zero-order valence-electron chi connectivity index (χ0n) is 18.3. The summed E-state index contributed by atoms with van der Waals surface area (Å²) in [6, 6.07) is 33.9. The summed E-state index contributed by atoms with van der Waals surface area (Å²) in [6.07, 6.45) is 7.71. The molecule has 7 rings (SSSR count). The van der Waals surface area contributed by atoms with Crippen molar-refractivity contribution < 1.29 is 0 Å². The lowest BCUT2D eigenvalue weighted by molar-refractivity contribution is 1.04. The molecule has 0 N–H and O–H groups in total. The third kappa shape index (κ3) is 2.72. The minimum absolute atomic E-state index is 0.885. The van der Waals surface area contributed by atoms with Gasteiger partial charge in [0.05, 0.1) is 11.0 Å². The number of rotatable bonds is 3. The predicted octanol–water partition coefficient (Wildman–Crippen LogP) is 7.16. The molecule has 0 radical (unpaired) electrons. The van der Waals surface area contributed by atoms with E-state index in [9.17, 15) is 0 Å². The first-order valence-electron chi connectivity index (χ1n) is 11.3. The van der Waals surface area contributed by atoms with Crippen LogP contribution in [-0.2, 0) is 0 Å². The average Bonchev–Trinajstić information content (AvgIpc) is 3.43. The van der Waals surface area contributed by atoms with Crippen molar-refractivity contribution >= 4 is 27.5 Å². The lowest BCUT2D eigenvalue weighted by atomic mass is 10.0. The molecule has 0 spiro atoms. The first kappa shape index (κ1) is 18.8. The van der Waals surface area contributed by atoms with Crippen LogP contribution in [0, 0.1) is 0 Å². The molecule has 5 aromatic heterocycles. The SMILES string of the molecule is c1ccc(-c2c3c4ccccc4n(-c4cc(-c5cccnc5)ccn4)c3n3ccccc23)cc1. The second-order valence-corrected chi connectivity index (χ2v) is 8.39. The van der Waals surface area contributed by atoms with E-state index in [0.717, 1.165) is 28.1 Å². The van der Waals surface area contributed by atoms with Crippen molar-refractivity contribution in [1.82, 2.24) is 18.9 Å². The van der Waals surface area contributed by atoms with Crippen LogP contribution >= 0.6 is 0 Å². The highest BCUT2D eigenvalue weighted by atomic mass is 15.1. The maximum atomic E-state index is 4.83. The Morgan fingerprint density at radius 2 is 1.41 bits per heavy atom. The van der Waals surface area contributed by atoms with E-state index < -0.39 is 0 Å². The van der Waals surface area contributed by atoms with Crippen LogP contribution in [0.4, 0.5) is 0 Å². The molecule has 4 heteroatoms. The second-order valence-electron chi connectivity index (χ2n) is 8.39. The monoisotopic (exact) mass is 436 g/mol. The van der Waals surface area contributed by atoms with Crippen molar-refractivity contribution in [2.24, 2.45) is 0 Å². The van der Waals surface area contributed by atoms with E-state index in [0.29, 0.717) is 0 Å². The fourth-order valence-corrected chi connectivity index (χ4v) is 5.04. The average molecular weight is 437 g/mol. The van der Waals surface area contributed by atoms with Gasteiger partial charge in [-0.05, 0) is 47.5 Å². The summed E-state index contributed by atoms with van der Waals surface area (Å²) in [4.78, 5) is 9.13. The van der Waals surface area contributed by atoms with Gasteiger partial charge in [0, 0.05) is 46.7 Å². The predicted molar refractivity (Wildman–Crippen MR) is 138 cm³/mol. The minimum Gasteiger partial charge on any atom is -0.302 e. The molecule has 0 amide bonds. The molecule has 160 valence electrons. The smallest absolute Gasteiger partial charge is 0.139 e. The third-order valence-electron chi connectivity index (χ3n) is 6.48. The molecule has 0 saturated carbocycles. The first-order chi connectivity index (χ1) is 16.9. The molecule has 0 bridgehead atoms. The number of hydrogen-bond donors (Lipinski definition) is 0. The van der Waals surface area contributed by atoms with Gasteiger partial charge in [0.15, 0.2) is 0 Å². The summed E-state index contributed by atoms with van der Waals surface area (Å²) in [7, 11) is 0. The van der Waals surface area contributed by atoms with Gasteiger partial charge in [0.25, 0.3) is 0 Å². The topological polar surface area (TPSA) is 35.1 Å². The van der Waals surface area contributed by atoms with Crippen molar-refractivity contribution in [2.45, 2.75) is 0 Å².